The van der Waals surface area contributed by atoms with Crippen molar-refractivity contribution in [2.24, 2.45) is 0 Å². The Morgan fingerprint density at radius 2 is 2.24 bits per heavy atom. The first-order valence-electron chi connectivity index (χ1n) is 7.01. The zero-order valence-electron chi connectivity index (χ0n) is 12.9. The van der Waals surface area contributed by atoms with Crippen molar-refractivity contribution in [2.75, 3.05) is 7.05 Å². The van der Waals surface area contributed by atoms with E-state index in [-0.39, 0.29) is 28.7 Å². The molecule has 128 valence electrons. The van der Waals surface area contributed by atoms with Crippen molar-refractivity contribution in [3.05, 3.63) is 62.3 Å². The first-order valence-corrected chi connectivity index (χ1v) is 8.27. The Hall–Kier alpha value is -2.78. The number of nitrogens with zero attached hydrogens (tertiary/aromatic N) is 4. The molecule has 0 aliphatic rings. The molecule has 1 amide bonds. The number of benzene rings is 1. The molecule has 0 radical (unpaired) electrons. The molecule has 0 spiro atoms. The van der Waals surface area contributed by atoms with Gasteiger partial charge in [-0.25, -0.2) is 0 Å². The highest BCUT2D eigenvalue weighted by Gasteiger charge is 2.20. The highest BCUT2D eigenvalue weighted by atomic mass is 35.5. The Bertz CT molecular complexity index is 926. The Balaban J connectivity index is 1.74. The van der Waals surface area contributed by atoms with Gasteiger partial charge in [0.25, 0.3) is 11.6 Å². The zero-order valence-corrected chi connectivity index (χ0v) is 14.5. The third-order valence-corrected chi connectivity index (χ3v) is 4.50. The van der Waals surface area contributed by atoms with Gasteiger partial charge in [0.1, 0.15) is 0 Å². The van der Waals surface area contributed by atoms with Gasteiger partial charge in [-0.1, -0.05) is 22.8 Å². The molecule has 0 aliphatic heterocycles. The maximum Gasteiger partial charge on any atom is 0.270 e. The number of amides is 1. The van der Waals surface area contributed by atoms with Crippen molar-refractivity contribution in [2.45, 2.75) is 6.54 Å². The van der Waals surface area contributed by atoms with Gasteiger partial charge < -0.3 is 9.42 Å². The molecule has 25 heavy (non-hydrogen) atoms. The van der Waals surface area contributed by atoms with E-state index >= 15 is 0 Å². The van der Waals surface area contributed by atoms with Crippen molar-refractivity contribution >= 4 is 34.5 Å². The number of nitro benzene ring substituents is 1. The van der Waals surface area contributed by atoms with Gasteiger partial charge in [0.2, 0.25) is 11.7 Å². The van der Waals surface area contributed by atoms with Crippen LogP contribution in [0.1, 0.15) is 16.2 Å². The van der Waals surface area contributed by atoms with Crippen molar-refractivity contribution in [3.8, 4) is 10.7 Å². The molecule has 0 bridgehead atoms. The molecule has 0 atom stereocenters. The van der Waals surface area contributed by atoms with Crippen LogP contribution < -0.4 is 0 Å². The first-order chi connectivity index (χ1) is 12.0. The smallest absolute Gasteiger partial charge is 0.270 e. The fraction of sp³-hybridized carbons (Fsp3) is 0.133. The van der Waals surface area contributed by atoms with Gasteiger partial charge in [-0.3, -0.25) is 14.9 Å². The van der Waals surface area contributed by atoms with E-state index in [0.29, 0.717) is 5.82 Å². The molecule has 8 nitrogen and oxygen atoms in total. The lowest BCUT2D eigenvalue weighted by Gasteiger charge is -2.15. The van der Waals surface area contributed by atoms with Gasteiger partial charge in [-0.15, -0.1) is 11.3 Å². The van der Waals surface area contributed by atoms with Crippen LogP contribution in [0.3, 0.4) is 0 Å². The van der Waals surface area contributed by atoms with Crippen molar-refractivity contribution in [1.82, 2.24) is 15.0 Å². The number of non-ortho nitro benzene ring substituents is 1. The summed E-state index contributed by atoms with van der Waals surface area (Å²) in [5, 5.41) is 16.5. The van der Waals surface area contributed by atoms with Crippen molar-refractivity contribution < 1.29 is 14.2 Å². The molecule has 0 saturated carbocycles. The normalized spacial score (nSPS) is 10.6. The number of carbonyl (C=O) groups is 1. The molecule has 10 heteroatoms. The number of hydrogen-bond donors (Lipinski definition) is 0. The van der Waals surface area contributed by atoms with Gasteiger partial charge in [0, 0.05) is 19.2 Å². The summed E-state index contributed by atoms with van der Waals surface area (Å²) in [7, 11) is 1.55. The molecule has 0 aliphatic carbocycles. The number of hydrogen-bond acceptors (Lipinski definition) is 7. The summed E-state index contributed by atoms with van der Waals surface area (Å²) in [6, 6.07) is 7.44. The number of halogens is 1. The van der Waals surface area contributed by atoms with Crippen molar-refractivity contribution in [3.63, 3.8) is 0 Å². The molecule has 0 fully saturated rings. The minimum absolute atomic E-state index is 0.0100. The maximum absolute atomic E-state index is 12.5. The maximum atomic E-state index is 12.5. The van der Waals surface area contributed by atoms with Crippen LogP contribution in [-0.4, -0.2) is 32.9 Å². The predicted octanol–water partition coefficient (Wildman–Crippen LogP) is 3.63. The van der Waals surface area contributed by atoms with Crippen LogP contribution in [0.15, 0.2) is 40.2 Å². The Morgan fingerprint density at radius 1 is 1.44 bits per heavy atom. The summed E-state index contributed by atoms with van der Waals surface area (Å²) in [6.07, 6.45) is 0. The standard InChI is InChI=1S/C15H11ClN4O4S/c1-19(8-13-17-14(18-24-13)12-3-2-6-25-12)15(21)10-5-4-9(20(22)23)7-11(10)16/h2-7H,8H2,1H3. The van der Waals surface area contributed by atoms with Gasteiger partial charge in [-0.05, 0) is 17.5 Å². The lowest BCUT2D eigenvalue weighted by atomic mass is 10.2. The average Bonchev–Trinajstić information content (AvgIpc) is 3.25. The summed E-state index contributed by atoms with van der Waals surface area (Å²) in [5.41, 5.74) is -0.0190. The lowest BCUT2D eigenvalue weighted by molar-refractivity contribution is -0.384. The van der Waals surface area contributed by atoms with E-state index < -0.39 is 10.8 Å². The fourth-order valence-electron chi connectivity index (χ4n) is 2.10. The summed E-state index contributed by atoms with van der Waals surface area (Å²) >= 11 is 7.46. The van der Waals surface area contributed by atoms with Gasteiger partial charge in [0.15, 0.2) is 0 Å². The molecule has 1 aromatic carbocycles. The molecule has 0 saturated heterocycles. The van der Waals surface area contributed by atoms with Gasteiger partial charge >= 0.3 is 0 Å². The number of aromatic nitrogens is 2. The zero-order chi connectivity index (χ0) is 18.0. The monoisotopic (exact) mass is 378 g/mol. The molecule has 0 unspecified atom stereocenters. The van der Waals surface area contributed by atoms with E-state index in [1.807, 2.05) is 17.5 Å². The third kappa shape index (κ3) is 3.67. The van der Waals surface area contributed by atoms with Crippen molar-refractivity contribution in [1.29, 1.82) is 0 Å². The van der Waals surface area contributed by atoms with Crippen LogP contribution in [0.2, 0.25) is 5.02 Å². The predicted molar refractivity (Wildman–Crippen MR) is 91.5 cm³/mol. The molecular weight excluding hydrogens is 368 g/mol. The van der Waals surface area contributed by atoms with Crippen LogP contribution >= 0.6 is 22.9 Å². The first kappa shape index (κ1) is 17.1. The highest BCUT2D eigenvalue weighted by Crippen LogP contribution is 2.24. The summed E-state index contributed by atoms with van der Waals surface area (Å²) in [6.45, 7) is 0.0878. The van der Waals surface area contributed by atoms with Crippen LogP contribution in [0, 0.1) is 10.1 Å². The quantitative estimate of drug-likeness (QED) is 0.496. The second kappa shape index (κ2) is 6.99. The minimum atomic E-state index is -0.575. The molecular formula is C15H11ClN4O4S. The van der Waals surface area contributed by atoms with E-state index in [2.05, 4.69) is 10.1 Å². The molecule has 0 N–H and O–H groups in total. The number of thiophene rings is 1. The van der Waals surface area contributed by atoms with E-state index in [0.717, 1.165) is 10.9 Å². The second-order valence-corrected chi connectivity index (χ2v) is 6.43. The SMILES string of the molecule is CN(Cc1nc(-c2cccs2)no1)C(=O)c1ccc([N+](=O)[O-])cc1Cl. The van der Waals surface area contributed by atoms with Crippen LogP contribution in [0.5, 0.6) is 0 Å². The minimum Gasteiger partial charge on any atom is -0.337 e. The number of carbonyl (C=O) groups excluding carboxylic acids is 1. The Labute approximate surface area is 150 Å². The summed E-state index contributed by atoms with van der Waals surface area (Å²) in [4.78, 5) is 29.1. The molecule has 3 aromatic rings. The van der Waals surface area contributed by atoms with E-state index in [1.54, 1.807) is 7.05 Å². The van der Waals surface area contributed by atoms with Crippen LogP contribution in [0.4, 0.5) is 5.69 Å². The largest absolute Gasteiger partial charge is 0.337 e. The fourth-order valence-corrected chi connectivity index (χ4v) is 3.00. The summed E-state index contributed by atoms with van der Waals surface area (Å²) < 4.78 is 5.16. The van der Waals surface area contributed by atoms with E-state index in [1.165, 1.54) is 28.4 Å². The van der Waals surface area contributed by atoms with Crippen LogP contribution in [-0.2, 0) is 6.54 Å². The van der Waals surface area contributed by atoms with Gasteiger partial charge in [-0.2, -0.15) is 4.98 Å². The Kier molecular flexibility index (Phi) is 4.77. The highest BCUT2D eigenvalue weighted by molar-refractivity contribution is 7.13. The third-order valence-electron chi connectivity index (χ3n) is 3.32. The average molecular weight is 379 g/mol. The van der Waals surface area contributed by atoms with E-state index in [9.17, 15) is 14.9 Å². The second-order valence-electron chi connectivity index (χ2n) is 5.07. The van der Waals surface area contributed by atoms with E-state index in [4.69, 9.17) is 16.1 Å². The van der Waals surface area contributed by atoms with Crippen LogP contribution in [0.25, 0.3) is 10.7 Å². The summed E-state index contributed by atoms with van der Waals surface area (Å²) in [5.74, 6) is 0.326. The van der Waals surface area contributed by atoms with Gasteiger partial charge in [0.05, 0.1) is 26.9 Å². The number of nitro groups is 1. The molecule has 2 aromatic heterocycles. The molecule has 2 heterocycles. The lowest BCUT2D eigenvalue weighted by Crippen LogP contribution is -2.26. The topological polar surface area (TPSA) is 102 Å². The molecule has 3 rings (SSSR count). The Morgan fingerprint density at radius 3 is 2.88 bits per heavy atom. The number of rotatable bonds is 5.